The quantitative estimate of drug-likeness (QED) is 0.542. The molecule has 1 aliphatic rings. The van der Waals surface area contributed by atoms with Crippen LogP contribution in [0.2, 0.25) is 0 Å². The van der Waals surface area contributed by atoms with Gasteiger partial charge in [-0.1, -0.05) is 36.4 Å². The first-order valence-corrected chi connectivity index (χ1v) is 9.93. The highest BCUT2D eigenvalue weighted by Gasteiger charge is 2.18. The summed E-state index contributed by atoms with van der Waals surface area (Å²) in [5, 5.41) is 13.7. The zero-order chi connectivity index (χ0) is 19.8. The third kappa shape index (κ3) is 6.36. The zero-order valence-electron chi connectivity index (χ0n) is 16.4. The van der Waals surface area contributed by atoms with E-state index in [-0.39, 0.29) is 12.6 Å². The minimum absolute atomic E-state index is 0.263. The normalized spacial score (nSPS) is 17.3. The van der Waals surface area contributed by atoms with Gasteiger partial charge in [-0.3, -0.25) is 4.79 Å². The van der Waals surface area contributed by atoms with Crippen molar-refractivity contribution < 1.29 is 19.4 Å². The molecule has 2 aromatic carbocycles. The highest BCUT2D eigenvalue weighted by Crippen LogP contribution is 2.22. The first-order valence-electron chi connectivity index (χ1n) is 9.93. The number of carbonyl (C=O) groups is 1. The molecule has 0 aliphatic heterocycles. The molecule has 5 nitrogen and oxygen atoms in total. The Labute approximate surface area is 166 Å². The summed E-state index contributed by atoms with van der Waals surface area (Å²) in [7, 11) is 0. The van der Waals surface area contributed by atoms with E-state index in [0.717, 1.165) is 37.0 Å². The summed E-state index contributed by atoms with van der Waals surface area (Å²) in [6.07, 6.45) is 3.60. The summed E-state index contributed by atoms with van der Waals surface area (Å²) < 4.78 is 10.7. The van der Waals surface area contributed by atoms with E-state index in [4.69, 9.17) is 9.47 Å². The van der Waals surface area contributed by atoms with Crippen molar-refractivity contribution in [1.29, 1.82) is 0 Å². The van der Waals surface area contributed by atoms with Crippen LogP contribution in [-0.2, 0) is 29.0 Å². The van der Waals surface area contributed by atoms with Gasteiger partial charge in [-0.25, -0.2) is 0 Å². The molecule has 0 fully saturated rings. The molecule has 0 amide bonds. The Hall–Kier alpha value is -2.37. The molecule has 2 N–H and O–H groups in total. The molecule has 1 unspecified atom stereocenters. The molecule has 3 rings (SSSR count). The molecule has 0 saturated carbocycles. The number of aryl methyl sites for hydroxylation is 1. The number of nitrogens with one attached hydrogen (secondary N) is 1. The second-order valence-corrected chi connectivity index (χ2v) is 7.36. The minimum atomic E-state index is -0.557. The predicted octanol–water partition coefficient (Wildman–Crippen LogP) is 3.03. The summed E-state index contributed by atoms with van der Waals surface area (Å²) in [6.45, 7) is 2.51. The number of fused-ring (bicyclic) bond motifs is 1. The third-order valence-corrected chi connectivity index (χ3v) is 5.01. The van der Waals surface area contributed by atoms with Gasteiger partial charge in [0.2, 0.25) is 0 Å². The number of carbonyl (C=O) groups excluding carboxylic acids is 1. The smallest absolute Gasteiger partial charge is 0.302 e. The number of aliphatic hydroxyl groups excluding tert-OH is 1. The topological polar surface area (TPSA) is 67.8 Å². The predicted molar refractivity (Wildman–Crippen MR) is 108 cm³/mol. The van der Waals surface area contributed by atoms with Crippen LogP contribution >= 0.6 is 0 Å². The molecular weight excluding hydrogens is 354 g/mol. The van der Waals surface area contributed by atoms with E-state index in [1.165, 1.54) is 18.1 Å². The van der Waals surface area contributed by atoms with E-state index in [9.17, 15) is 9.90 Å². The SMILES string of the molecule is CC(=O)OCc1ccc2c(c1)CC(NC[C@H](O)COc1ccccc1)CCC2. The molecule has 0 aromatic heterocycles. The number of hydrogen-bond donors (Lipinski definition) is 2. The Kier molecular flexibility index (Phi) is 7.46. The fourth-order valence-corrected chi connectivity index (χ4v) is 3.54. The third-order valence-electron chi connectivity index (χ3n) is 5.01. The summed E-state index contributed by atoms with van der Waals surface area (Å²) >= 11 is 0. The molecule has 0 bridgehead atoms. The van der Waals surface area contributed by atoms with Crippen LogP contribution in [0.3, 0.4) is 0 Å². The number of aliphatic hydroxyl groups is 1. The van der Waals surface area contributed by atoms with Crippen LogP contribution < -0.4 is 10.1 Å². The van der Waals surface area contributed by atoms with Crippen LogP contribution in [0.1, 0.15) is 36.5 Å². The summed E-state index contributed by atoms with van der Waals surface area (Å²) in [6, 6.07) is 16.2. The maximum atomic E-state index is 11.0. The zero-order valence-corrected chi connectivity index (χ0v) is 16.4. The van der Waals surface area contributed by atoms with Gasteiger partial charge in [0.05, 0.1) is 0 Å². The summed E-state index contributed by atoms with van der Waals surface area (Å²) in [4.78, 5) is 11.0. The lowest BCUT2D eigenvalue weighted by Crippen LogP contribution is -2.39. The van der Waals surface area contributed by atoms with E-state index < -0.39 is 6.10 Å². The van der Waals surface area contributed by atoms with Gasteiger partial charge in [0.15, 0.2) is 0 Å². The molecule has 28 heavy (non-hydrogen) atoms. The molecule has 2 atom stereocenters. The summed E-state index contributed by atoms with van der Waals surface area (Å²) in [5.41, 5.74) is 3.68. The number of hydrogen-bond acceptors (Lipinski definition) is 5. The largest absolute Gasteiger partial charge is 0.491 e. The van der Waals surface area contributed by atoms with Gasteiger partial charge < -0.3 is 19.9 Å². The monoisotopic (exact) mass is 383 g/mol. The summed E-state index contributed by atoms with van der Waals surface area (Å²) in [5.74, 6) is 0.506. The molecule has 2 aromatic rings. The van der Waals surface area contributed by atoms with Crippen molar-refractivity contribution in [3.8, 4) is 5.75 Å². The Morgan fingerprint density at radius 3 is 2.82 bits per heavy atom. The molecule has 150 valence electrons. The van der Waals surface area contributed by atoms with E-state index in [1.807, 2.05) is 36.4 Å². The Balaban J connectivity index is 1.50. The molecular formula is C23H29NO4. The van der Waals surface area contributed by atoms with Gasteiger partial charge in [0.25, 0.3) is 0 Å². The molecule has 1 aliphatic carbocycles. The van der Waals surface area contributed by atoms with Gasteiger partial charge >= 0.3 is 5.97 Å². The first kappa shape index (κ1) is 20.4. The van der Waals surface area contributed by atoms with Gasteiger partial charge in [-0.05, 0) is 54.5 Å². The van der Waals surface area contributed by atoms with Crippen LogP contribution in [-0.4, -0.2) is 36.4 Å². The van der Waals surface area contributed by atoms with E-state index in [2.05, 4.69) is 17.4 Å². The maximum absolute atomic E-state index is 11.0. The Morgan fingerprint density at radius 2 is 2.04 bits per heavy atom. The number of rotatable bonds is 8. The maximum Gasteiger partial charge on any atom is 0.302 e. The van der Waals surface area contributed by atoms with Crippen molar-refractivity contribution in [3.63, 3.8) is 0 Å². The minimum Gasteiger partial charge on any atom is -0.491 e. The highest BCUT2D eigenvalue weighted by atomic mass is 16.5. The Bertz CT molecular complexity index is 762. The lowest BCUT2D eigenvalue weighted by Gasteiger charge is -2.20. The second-order valence-electron chi connectivity index (χ2n) is 7.36. The van der Waals surface area contributed by atoms with Crippen LogP contribution in [0.4, 0.5) is 0 Å². The molecule has 5 heteroatoms. The van der Waals surface area contributed by atoms with Crippen molar-refractivity contribution in [3.05, 3.63) is 65.2 Å². The van der Waals surface area contributed by atoms with Gasteiger partial charge in [0.1, 0.15) is 25.1 Å². The number of esters is 1. The average molecular weight is 383 g/mol. The van der Waals surface area contributed by atoms with E-state index >= 15 is 0 Å². The number of para-hydroxylation sites is 1. The van der Waals surface area contributed by atoms with Crippen LogP contribution in [0.15, 0.2) is 48.5 Å². The fourth-order valence-electron chi connectivity index (χ4n) is 3.54. The van der Waals surface area contributed by atoms with E-state index in [0.29, 0.717) is 19.2 Å². The average Bonchev–Trinajstić information content (AvgIpc) is 2.91. The van der Waals surface area contributed by atoms with Gasteiger partial charge in [-0.2, -0.15) is 0 Å². The van der Waals surface area contributed by atoms with Crippen molar-refractivity contribution in [2.24, 2.45) is 0 Å². The van der Waals surface area contributed by atoms with E-state index in [1.54, 1.807) is 0 Å². The van der Waals surface area contributed by atoms with Crippen molar-refractivity contribution >= 4 is 5.97 Å². The number of benzene rings is 2. The van der Waals surface area contributed by atoms with Gasteiger partial charge in [-0.15, -0.1) is 0 Å². The Morgan fingerprint density at radius 1 is 1.21 bits per heavy atom. The standard InChI is InChI=1S/C23H29NO4/c1-17(25)27-15-18-10-11-19-6-5-7-21(13-20(19)12-18)24-14-22(26)16-28-23-8-3-2-4-9-23/h2-4,8-12,21-22,24,26H,5-7,13-16H2,1H3/t21?,22-/m0/s1. The lowest BCUT2D eigenvalue weighted by molar-refractivity contribution is -0.142. The van der Waals surface area contributed by atoms with Crippen LogP contribution in [0.5, 0.6) is 5.75 Å². The number of ether oxygens (including phenoxy) is 2. The lowest BCUT2D eigenvalue weighted by atomic mass is 9.99. The van der Waals surface area contributed by atoms with Crippen molar-refractivity contribution in [2.45, 2.75) is 51.4 Å². The van der Waals surface area contributed by atoms with Crippen LogP contribution in [0, 0.1) is 0 Å². The van der Waals surface area contributed by atoms with Crippen molar-refractivity contribution in [1.82, 2.24) is 5.32 Å². The van der Waals surface area contributed by atoms with Gasteiger partial charge in [0, 0.05) is 19.5 Å². The molecule has 0 saturated heterocycles. The second kappa shape index (κ2) is 10.2. The molecule has 0 spiro atoms. The molecule has 0 radical (unpaired) electrons. The first-order chi connectivity index (χ1) is 13.6. The molecule has 0 heterocycles. The van der Waals surface area contributed by atoms with Crippen LogP contribution in [0.25, 0.3) is 0 Å². The highest BCUT2D eigenvalue weighted by molar-refractivity contribution is 5.65. The van der Waals surface area contributed by atoms with Crippen molar-refractivity contribution in [2.75, 3.05) is 13.2 Å². The fraction of sp³-hybridized carbons (Fsp3) is 0.435.